The molecule has 0 fully saturated rings. The van der Waals surface area contributed by atoms with Crippen LogP contribution in [0.15, 0.2) is 11.6 Å². The zero-order valence-electron chi connectivity index (χ0n) is 8.11. The predicted molar refractivity (Wildman–Crippen MR) is 57.0 cm³/mol. The molecule has 0 amide bonds. The molecule has 1 atom stereocenters. The molecule has 74 valence electrons. The fourth-order valence-electron chi connectivity index (χ4n) is 1.14. The lowest BCUT2D eigenvalue weighted by atomic mass is 10.3. The van der Waals surface area contributed by atoms with Crippen molar-refractivity contribution in [3.8, 4) is 10.8 Å². The number of aromatic nitrogens is 3. The number of nitrogens with one attached hydrogen (secondary N) is 1. The summed E-state index contributed by atoms with van der Waals surface area (Å²) >= 11 is 1.58. The van der Waals surface area contributed by atoms with Crippen molar-refractivity contribution in [1.29, 1.82) is 0 Å². The van der Waals surface area contributed by atoms with Crippen LogP contribution in [0.4, 0.5) is 0 Å². The Morgan fingerprint density at radius 1 is 1.57 bits per heavy atom. The topological polar surface area (TPSA) is 67.6 Å². The van der Waals surface area contributed by atoms with Gasteiger partial charge in [0.25, 0.3) is 0 Å². The van der Waals surface area contributed by atoms with E-state index in [4.69, 9.17) is 5.73 Å². The van der Waals surface area contributed by atoms with E-state index in [0.29, 0.717) is 0 Å². The van der Waals surface area contributed by atoms with Crippen LogP contribution in [0.1, 0.15) is 24.4 Å². The van der Waals surface area contributed by atoms with Gasteiger partial charge in [0, 0.05) is 17.1 Å². The van der Waals surface area contributed by atoms with Gasteiger partial charge in [0.1, 0.15) is 0 Å². The van der Waals surface area contributed by atoms with Crippen LogP contribution < -0.4 is 5.73 Å². The smallest absolute Gasteiger partial charge is 0.166 e. The Kier molecular flexibility index (Phi) is 2.35. The molecule has 0 aliphatic carbocycles. The lowest BCUT2D eigenvalue weighted by Crippen LogP contribution is -2.04. The Morgan fingerprint density at radius 2 is 2.36 bits per heavy atom. The summed E-state index contributed by atoms with van der Waals surface area (Å²) in [6, 6.07) is -0.0164. The number of hydrogen-bond donors (Lipinski definition) is 2. The average Bonchev–Trinajstić information content (AvgIpc) is 2.70. The first-order chi connectivity index (χ1) is 6.66. The molecular formula is C9H12N4S. The van der Waals surface area contributed by atoms with Gasteiger partial charge in [0.2, 0.25) is 0 Å². The normalized spacial score (nSPS) is 13.1. The third-order valence-corrected chi connectivity index (χ3v) is 2.87. The molecule has 2 heterocycles. The first-order valence-electron chi connectivity index (χ1n) is 4.40. The summed E-state index contributed by atoms with van der Waals surface area (Å²) in [4.78, 5) is 11.7. The number of hydrogen-bond acceptors (Lipinski definition) is 4. The predicted octanol–water partition coefficient (Wildman–Crippen LogP) is 1.86. The highest BCUT2D eigenvalue weighted by Crippen LogP contribution is 2.21. The van der Waals surface area contributed by atoms with Crippen LogP contribution in [0, 0.1) is 6.92 Å². The summed E-state index contributed by atoms with van der Waals surface area (Å²) in [6.45, 7) is 3.89. The third kappa shape index (κ3) is 1.69. The summed E-state index contributed by atoms with van der Waals surface area (Å²) < 4.78 is 0. The van der Waals surface area contributed by atoms with Gasteiger partial charge in [-0.3, -0.25) is 0 Å². The van der Waals surface area contributed by atoms with Gasteiger partial charge in [-0.15, -0.1) is 11.3 Å². The van der Waals surface area contributed by atoms with Gasteiger partial charge in [-0.1, -0.05) is 0 Å². The molecular weight excluding hydrogens is 196 g/mol. The van der Waals surface area contributed by atoms with E-state index in [1.165, 1.54) is 0 Å². The summed E-state index contributed by atoms with van der Waals surface area (Å²) in [5.41, 5.74) is 7.68. The van der Waals surface area contributed by atoms with Crippen LogP contribution >= 0.6 is 11.3 Å². The minimum atomic E-state index is -0.0164. The van der Waals surface area contributed by atoms with E-state index in [1.54, 1.807) is 17.5 Å². The highest BCUT2D eigenvalue weighted by molar-refractivity contribution is 7.13. The van der Waals surface area contributed by atoms with Crippen molar-refractivity contribution in [2.75, 3.05) is 0 Å². The van der Waals surface area contributed by atoms with Gasteiger partial charge in [-0.05, 0) is 13.8 Å². The molecule has 3 N–H and O–H groups in total. The van der Waals surface area contributed by atoms with E-state index in [-0.39, 0.29) is 6.04 Å². The Balaban J connectivity index is 2.33. The molecule has 1 unspecified atom stereocenters. The number of nitrogens with two attached hydrogens (primary N) is 1. The van der Waals surface area contributed by atoms with Crippen molar-refractivity contribution < 1.29 is 0 Å². The lowest BCUT2D eigenvalue weighted by Gasteiger charge is -1.98. The molecule has 2 aromatic heterocycles. The SMILES string of the molecule is Cc1csc(-c2ncc(C(C)N)[nH]2)n1. The van der Waals surface area contributed by atoms with Crippen molar-refractivity contribution in [1.82, 2.24) is 15.0 Å². The molecule has 0 spiro atoms. The molecule has 2 aromatic rings. The number of imidazole rings is 1. The Morgan fingerprint density at radius 3 is 2.86 bits per heavy atom. The molecule has 0 bridgehead atoms. The van der Waals surface area contributed by atoms with Crippen molar-refractivity contribution in [3.05, 3.63) is 23.0 Å². The molecule has 4 nitrogen and oxygen atoms in total. The maximum Gasteiger partial charge on any atom is 0.166 e. The fourth-order valence-corrected chi connectivity index (χ4v) is 1.89. The van der Waals surface area contributed by atoms with Crippen LogP contribution in [0.5, 0.6) is 0 Å². The van der Waals surface area contributed by atoms with Gasteiger partial charge in [0.05, 0.1) is 11.9 Å². The third-order valence-electron chi connectivity index (χ3n) is 1.91. The number of aryl methyl sites for hydroxylation is 1. The van der Waals surface area contributed by atoms with E-state index in [0.717, 1.165) is 22.2 Å². The minimum Gasteiger partial charge on any atom is -0.339 e. The summed E-state index contributed by atoms with van der Waals surface area (Å²) in [5.74, 6) is 0.801. The average molecular weight is 208 g/mol. The van der Waals surface area contributed by atoms with Crippen molar-refractivity contribution in [3.63, 3.8) is 0 Å². The fraction of sp³-hybridized carbons (Fsp3) is 0.333. The number of thiazole rings is 1. The maximum absolute atomic E-state index is 5.72. The van der Waals surface area contributed by atoms with Crippen LogP contribution in [-0.4, -0.2) is 15.0 Å². The van der Waals surface area contributed by atoms with Crippen LogP contribution in [0.3, 0.4) is 0 Å². The Labute approximate surface area is 86.2 Å². The molecule has 0 saturated carbocycles. The van der Waals surface area contributed by atoms with Crippen molar-refractivity contribution >= 4 is 11.3 Å². The van der Waals surface area contributed by atoms with E-state index in [2.05, 4.69) is 15.0 Å². The quantitative estimate of drug-likeness (QED) is 0.791. The van der Waals surface area contributed by atoms with E-state index in [9.17, 15) is 0 Å². The van der Waals surface area contributed by atoms with Gasteiger partial charge in [0.15, 0.2) is 10.8 Å². The first kappa shape index (κ1) is 9.36. The second kappa shape index (κ2) is 3.51. The molecule has 0 aliphatic rings. The van der Waals surface area contributed by atoms with E-state index < -0.39 is 0 Å². The molecule has 5 heteroatoms. The zero-order chi connectivity index (χ0) is 10.1. The molecule has 14 heavy (non-hydrogen) atoms. The van der Waals surface area contributed by atoms with Crippen LogP contribution in [-0.2, 0) is 0 Å². The minimum absolute atomic E-state index is 0.0164. The highest BCUT2D eigenvalue weighted by Gasteiger charge is 2.08. The molecule has 0 saturated heterocycles. The van der Waals surface area contributed by atoms with Crippen molar-refractivity contribution in [2.24, 2.45) is 5.73 Å². The summed E-state index contributed by atoms with van der Waals surface area (Å²) in [7, 11) is 0. The first-order valence-corrected chi connectivity index (χ1v) is 5.28. The van der Waals surface area contributed by atoms with Gasteiger partial charge >= 0.3 is 0 Å². The van der Waals surface area contributed by atoms with E-state index in [1.807, 2.05) is 19.2 Å². The van der Waals surface area contributed by atoms with Crippen LogP contribution in [0.2, 0.25) is 0 Å². The van der Waals surface area contributed by atoms with Crippen LogP contribution in [0.25, 0.3) is 10.8 Å². The largest absolute Gasteiger partial charge is 0.339 e. The number of aromatic amines is 1. The lowest BCUT2D eigenvalue weighted by molar-refractivity contribution is 0.789. The van der Waals surface area contributed by atoms with Gasteiger partial charge in [-0.25, -0.2) is 9.97 Å². The number of H-pyrrole nitrogens is 1. The number of rotatable bonds is 2. The van der Waals surface area contributed by atoms with Gasteiger partial charge < -0.3 is 10.7 Å². The maximum atomic E-state index is 5.72. The standard InChI is InChI=1S/C9H12N4S/c1-5-4-14-9(12-5)8-11-3-7(13-8)6(2)10/h3-4,6H,10H2,1-2H3,(H,11,13). The second-order valence-electron chi connectivity index (χ2n) is 3.27. The molecule has 0 aliphatic heterocycles. The Hall–Kier alpha value is -1.20. The van der Waals surface area contributed by atoms with Crippen molar-refractivity contribution in [2.45, 2.75) is 19.9 Å². The monoisotopic (exact) mass is 208 g/mol. The summed E-state index contributed by atoms with van der Waals surface area (Å²) in [6.07, 6.45) is 1.76. The van der Waals surface area contributed by atoms with Gasteiger partial charge in [-0.2, -0.15) is 0 Å². The molecule has 0 radical (unpaired) electrons. The molecule has 2 rings (SSSR count). The molecule has 0 aromatic carbocycles. The Bertz CT molecular complexity index is 429. The summed E-state index contributed by atoms with van der Waals surface area (Å²) in [5, 5.41) is 2.91. The van der Waals surface area contributed by atoms with E-state index >= 15 is 0 Å². The number of nitrogens with zero attached hydrogens (tertiary/aromatic N) is 2. The second-order valence-corrected chi connectivity index (χ2v) is 4.13. The zero-order valence-corrected chi connectivity index (χ0v) is 8.93. The highest BCUT2D eigenvalue weighted by atomic mass is 32.1.